The number of rotatable bonds is 2. The fourth-order valence-electron chi connectivity index (χ4n) is 1.48. The maximum Gasteiger partial charge on any atom is 0.150 e. The van der Waals surface area contributed by atoms with E-state index in [1.807, 2.05) is 6.92 Å². The minimum atomic E-state index is 0.692. The van der Waals surface area contributed by atoms with Gasteiger partial charge in [-0.05, 0) is 13.3 Å². The Bertz CT molecular complexity index is 514. The largest absolute Gasteiger partial charge is 0.342 e. The molecule has 78 valence electrons. The lowest BCUT2D eigenvalue weighted by Crippen LogP contribution is -1.98. The number of aryl methyl sites for hydroxylation is 1. The second-order valence-electron chi connectivity index (χ2n) is 3.21. The minimum absolute atomic E-state index is 0.692. The van der Waals surface area contributed by atoms with Crippen LogP contribution in [0.1, 0.15) is 18.2 Å². The molecule has 2 aromatic rings. The number of hydrogen-bond donors (Lipinski definition) is 1. The van der Waals surface area contributed by atoms with Crippen LogP contribution < -0.4 is 0 Å². The Morgan fingerprint density at radius 3 is 2.87 bits per heavy atom. The minimum Gasteiger partial charge on any atom is -0.342 e. The molecule has 0 aliphatic carbocycles. The van der Waals surface area contributed by atoms with Gasteiger partial charge < -0.3 is 4.98 Å². The standard InChI is InChI=1S/C10H11N3S2/c1-3-7-6(2)12-9(13-10(7)14)8-4-11-5-15-8/h4-5H,3H2,1-2H3,(H,12,13,14). The van der Waals surface area contributed by atoms with E-state index in [0.29, 0.717) is 4.64 Å². The topological polar surface area (TPSA) is 41.6 Å². The lowest BCUT2D eigenvalue weighted by molar-refractivity contribution is 0.991. The number of nitrogens with one attached hydrogen (secondary N) is 1. The average molecular weight is 237 g/mol. The van der Waals surface area contributed by atoms with E-state index in [4.69, 9.17) is 12.2 Å². The van der Waals surface area contributed by atoms with Gasteiger partial charge in [-0.2, -0.15) is 0 Å². The number of aromatic nitrogens is 3. The highest BCUT2D eigenvalue weighted by Gasteiger charge is 2.06. The van der Waals surface area contributed by atoms with E-state index in [0.717, 1.165) is 28.4 Å². The second kappa shape index (κ2) is 4.20. The van der Waals surface area contributed by atoms with Crippen LogP contribution in [0, 0.1) is 11.6 Å². The number of H-pyrrole nitrogens is 1. The summed E-state index contributed by atoms with van der Waals surface area (Å²) in [4.78, 5) is 12.7. The molecule has 0 saturated carbocycles. The number of thiazole rings is 1. The number of hydrogen-bond acceptors (Lipinski definition) is 4. The second-order valence-corrected chi connectivity index (χ2v) is 4.49. The first-order valence-electron chi connectivity index (χ1n) is 4.71. The summed E-state index contributed by atoms with van der Waals surface area (Å²) in [7, 11) is 0. The Kier molecular flexibility index (Phi) is 2.93. The van der Waals surface area contributed by atoms with Crippen LogP contribution >= 0.6 is 23.6 Å². The zero-order chi connectivity index (χ0) is 10.8. The molecule has 0 radical (unpaired) electrons. The average Bonchev–Trinajstić information content (AvgIpc) is 2.69. The van der Waals surface area contributed by atoms with E-state index in [9.17, 15) is 0 Å². The van der Waals surface area contributed by atoms with E-state index in [2.05, 4.69) is 21.9 Å². The van der Waals surface area contributed by atoms with Gasteiger partial charge in [0.05, 0.1) is 10.4 Å². The van der Waals surface area contributed by atoms with Gasteiger partial charge >= 0.3 is 0 Å². The van der Waals surface area contributed by atoms with Crippen molar-refractivity contribution in [3.8, 4) is 10.7 Å². The molecule has 0 aliphatic heterocycles. The van der Waals surface area contributed by atoms with Gasteiger partial charge in [0.2, 0.25) is 0 Å². The van der Waals surface area contributed by atoms with Gasteiger partial charge in [-0.25, -0.2) is 4.98 Å². The Balaban J connectivity index is 2.58. The molecule has 0 aliphatic rings. The molecule has 2 heterocycles. The summed E-state index contributed by atoms with van der Waals surface area (Å²) in [5, 5.41) is 0. The van der Waals surface area contributed by atoms with E-state index in [1.54, 1.807) is 23.0 Å². The molecule has 0 aromatic carbocycles. The number of aromatic amines is 1. The van der Waals surface area contributed by atoms with Crippen LogP contribution in [-0.4, -0.2) is 15.0 Å². The van der Waals surface area contributed by atoms with Crippen molar-refractivity contribution in [1.82, 2.24) is 15.0 Å². The van der Waals surface area contributed by atoms with Crippen LogP contribution in [0.15, 0.2) is 11.7 Å². The van der Waals surface area contributed by atoms with Gasteiger partial charge in [0, 0.05) is 17.5 Å². The molecule has 0 atom stereocenters. The molecule has 2 aromatic heterocycles. The van der Waals surface area contributed by atoms with Crippen molar-refractivity contribution in [1.29, 1.82) is 0 Å². The van der Waals surface area contributed by atoms with Crippen molar-refractivity contribution < 1.29 is 0 Å². The van der Waals surface area contributed by atoms with Gasteiger partial charge in [0.1, 0.15) is 4.64 Å². The van der Waals surface area contributed by atoms with Crippen molar-refractivity contribution >= 4 is 23.6 Å². The van der Waals surface area contributed by atoms with Crippen molar-refractivity contribution in [2.75, 3.05) is 0 Å². The Labute approximate surface area is 97.2 Å². The van der Waals surface area contributed by atoms with Crippen molar-refractivity contribution in [3.05, 3.63) is 27.6 Å². The molecule has 2 rings (SSSR count). The Morgan fingerprint density at radius 2 is 2.33 bits per heavy atom. The molecule has 1 N–H and O–H groups in total. The van der Waals surface area contributed by atoms with Crippen LogP contribution in [-0.2, 0) is 6.42 Å². The van der Waals surface area contributed by atoms with Gasteiger partial charge in [0.15, 0.2) is 5.82 Å². The van der Waals surface area contributed by atoms with Crippen LogP contribution in [0.4, 0.5) is 0 Å². The fourth-order valence-corrected chi connectivity index (χ4v) is 2.43. The summed E-state index contributed by atoms with van der Waals surface area (Å²) in [5.41, 5.74) is 4.01. The molecule has 0 spiro atoms. The third-order valence-electron chi connectivity index (χ3n) is 2.25. The first kappa shape index (κ1) is 10.4. The molecule has 0 fully saturated rings. The van der Waals surface area contributed by atoms with Crippen LogP contribution in [0.5, 0.6) is 0 Å². The highest BCUT2D eigenvalue weighted by molar-refractivity contribution is 7.71. The summed E-state index contributed by atoms with van der Waals surface area (Å²) < 4.78 is 0.692. The quantitative estimate of drug-likeness (QED) is 0.816. The maximum absolute atomic E-state index is 5.25. The molecular weight excluding hydrogens is 226 g/mol. The van der Waals surface area contributed by atoms with Gasteiger partial charge in [0.25, 0.3) is 0 Å². The van der Waals surface area contributed by atoms with E-state index in [1.165, 1.54) is 0 Å². The summed E-state index contributed by atoms with van der Waals surface area (Å²) in [6.45, 7) is 4.11. The lowest BCUT2D eigenvalue weighted by atomic mass is 10.2. The molecule has 0 saturated heterocycles. The van der Waals surface area contributed by atoms with Crippen LogP contribution in [0.25, 0.3) is 10.7 Å². The summed E-state index contributed by atoms with van der Waals surface area (Å²) >= 11 is 6.81. The monoisotopic (exact) mass is 237 g/mol. The van der Waals surface area contributed by atoms with E-state index >= 15 is 0 Å². The van der Waals surface area contributed by atoms with Crippen molar-refractivity contribution in [3.63, 3.8) is 0 Å². The van der Waals surface area contributed by atoms with Gasteiger partial charge in [-0.15, -0.1) is 11.3 Å². The SMILES string of the molecule is CCc1c(C)[nH]c(-c2cncs2)nc1=S. The molecule has 15 heavy (non-hydrogen) atoms. The predicted molar refractivity (Wildman–Crippen MR) is 64.6 cm³/mol. The summed E-state index contributed by atoms with van der Waals surface area (Å²) in [6, 6.07) is 0. The third-order valence-corrected chi connectivity index (χ3v) is 3.37. The lowest BCUT2D eigenvalue weighted by Gasteiger charge is -2.05. The zero-order valence-corrected chi connectivity index (χ0v) is 10.2. The Morgan fingerprint density at radius 1 is 1.53 bits per heavy atom. The van der Waals surface area contributed by atoms with Gasteiger partial charge in [-0.3, -0.25) is 4.98 Å². The maximum atomic E-state index is 5.25. The van der Waals surface area contributed by atoms with Crippen LogP contribution in [0.3, 0.4) is 0 Å². The van der Waals surface area contributed by atoms with Crippen molar-refractivity contribution in [2.45, 2.75) is 20.3 Å². The predicted octanol–water partition coefficient (Wildman–Crippen LogP) is 3.13. The third kappa shape index (κ3) is 1.98. The highest BCUT2D eigenvalue weighted by atomic mass is 32.1. The summed E-state index contributed by atoms with van der Waals surface area (Å²) in [5.74, 6) is 0.817. The van der Waals surface area contributed by atoms with Crippen LogP contribution in [0.2, 0.25) is 0 Å². The first-order valence-corrected chi connectivity index (χ1v) is 5.99. The molecule has 5 heteroatoms. The molecular formula is C10H11N3S2. The first-order chi connectivity index (χ1) is 7.22. The molecule has 0 amide bonds. The normalized spacial score (nSPS) is 10.5. The molecule has 3 nitrogen and oxygen atoms in total. The van der Waals surface area contributed by atoms with E-state index in [-0.39, 0.29) is 0 Å². The van der Waals surface area contributed by atoms with Gasteiger partial charge in [-0.1, -0.05) is 19.1 Å². The zero-order valence-electron chi connectivity index (χ0n) is 8.57. The van der Waals surface area contributed by atoms with Crippen molar-refractivity contribution in [2.24, 2.45) is 0 Å². The molecule has 0 unspecified atom stereocenters. The molecule has 0 bridgehead atoms. The number of nitrogens with zero attached hydrogens (tertiary/aromatic N) is 2. The Hall–Kier alpha value is -1.07. The van der Waals surface area contributed by atoms with E-state index < -0.39 is 0 Å². The smallest absolute Gasteiger partial charge is 0.150 e. The highest BCUT2D eigenvalue weighted by Crippen LogP contribution is 2.20. The summed E-state index contributed by atoms with van der Waals surface area (Å²) in [6.07, 6.45) is 2.71. The fraction of sp³-hybridized carbons (Fsp3) is 0.300.